The molecule has 0 bridgehead atoms. The third-order valence-electron chi connectivity index (χ3n) is 8.93. The maximum atomic E-state index is 13.8. The lowest BCUT2D eigenvalue weighted by molar-refractivity contribution is -0.156. The number of hydrogen-bond acceptors (Lipinski definition) is 9. The predicted molar refractivity (Wildman–Crippen MR) is 188 cm³/mol. The molecule has 2 heterocycles. The molecule has 50 heavy (non-hydrogen) atoms. The van der Waals surface area contributed by atoms with Gasteiger partial charge in [0.05, 0.1) is 26.4 Å². The zero-order chi connectivity index (χ0) is 36.1. The van der Waals surface area contributed by atoms with Gasteiger partial charge < -0.3 is 29.6 Å². The average Bonchev–Trinajstić information content (AvgIpc) is 3.40. The highest BCUT2D eigenvalue weighted by Gasteiger charge is 2.38. The molecule has 3 aliphatic rings. The van der Waals surface area contributed by atoms with Crippen LogP contribution in [-0.2, 0) is 33.3 Å². The summed E-state index contributed by atoms with van der Waals surface area (Å²) in [5.74, 6) is -2.32. The Balaban J connectivity index is 1.22. The molecule has 2 aliphatic heterocycles. The van der Waals surface area contributed by atoms with E-state index in [4.69, 9.17) is 53.8 Å². The Morgan fingerprint density at radius 3 is 2.22 bits per heavy atom. The first kappa shape index (κ1) is 38.1. The molecule has 3 amide bonds. The van der Waals surface area contributed by atoms with Gasteiger partial charge in [0.1, 0.15) is 31.3 Å². The van der Waals surface area contributed by atoms with E-state index in [9.17, 15) is 19.2 Å². The van der Waals surface area contributed by atoms with E-state index in [1.807, 2.05) is 55.5 Å². The van der Waals surface area contributed by atoms with Crippen molar-refractivity contribution < 1.29 is 38.1 Å². The van der Waals surface area contributed by atoms with Gasteiger partial charge in [-0.25, -0.2) is 10.2 Å². The van der Waals surface area contributed by atoms with Crippen molar-refractivity contribution in [3.8, 4) is 11.1 Å². The fourth-order valence-electron chi connectivity index (χ4n) is 6.25. The molecule has 2 aromatic rings. The van der Waals surface area contributed by atoms with Crippen molar-refractivity contribution in [1.82, 2.24) is 21.1 Å². The van der Waals surface area contributed by atoms with Gasteiger partial charge in [-0.2, -0.15) is 0 Å². The van der Waals surface area contributed by atoms with E-state index in [-0.39, 0.29) is 37.0 Å². The van der Waals surface area contributed by atoms with Crippen LogP contribution in [0, 0.1) is 11.3 Å². The smallest absolute Gasteiger partial charge is 0.407 e. The minimum Gasteiger partial charge on any atom is -0.460 e. The number of amides is 3. The van der Waals surface area contributed by atoms with Crippen LogP contribution in [0.3, 0.4) is 0 Å². The highest BCUT2D eigenvalue weighted by Crippen LogP contribution is 2.44. The number of hydrazine groups is 1. The molecule has 15 heteroatoms. The van der Waals surface area contributed by atoms with Gasteiger partial charge in [-0.3, -0.25) is 19.4 Å². The third-order valence-corrected chi connectivity index (χ3v) is 9.26. The number of benzene rings is 2. The Labute approximate surface area is 306 Å². The molecule has 0 aromatic heterocycles. The topological polar surface area (TPSA) is 145 Å². The first-order valence-electron chi connectivity index (χ1n) is 16.6. The molecule has 12 nitrogen and oxygen atoms in total. The van der Waals surface area contributed by atoms with Gasteiger partial charge in [0.15, 0.2) is 0 Å². The third kappa shape index (κ3) is 9.59. The quantitative estimate of drug-likeness (QED) is 0.199. The summed E-state index contributed by atoms with van der Waals surface area (Å²) in [6.07, 6.45) is 0.0984. The van der Waals surface area contributed by atoms with Crippen LogP contribution in [0.15, 0.2) is 48.5 Å². The molecule has 3 unspecified atom stereocenters. The van der Waals surface area contributed by atoms with Crippen LogP contribution in [0.25, 0.3) is 11.1 Å². The lowest BCUT2D eigenvalue weighted by Crippen LogP contribution is -2.62. The van der Waals surface area contributed by atoms with Gasteiger partial charge >= 0.3 is 12.1 Å². The van der Waals surface area contributed by atoms with Crippen molar-refractivity contribution >= 4 is 58.7 Å². The van der Waals surface area contributed by atoms with Crippen molar-refractivity contribution in [3.63, 3.8) is 0 Å². The van der Waals surface area contributed by atoms with E-state index >= 15 is 0 Å². The Morgan fingerprint density at radius 1 is 1.00 bits per heavy atom. The molecule has 3 atom stereocenters. The molecule has 0 saturated carbocycles. The lowest BCUT2D eigenvalue weighted by atomic mass is 9.90. The van der Waals surface area contributed by atoms with Gasteiger partial charge in [0.25, 0.3) is 5.91 Å². The maximum Gasteiger partial charge on any atom is 0.407 e. The number of rotatable bonds is 13. The number of halogens is 3. The minimum atomic E-state index is -1.78. The highest BCUT2D eigenvalue weighted by atomic mass is 35.6. The predicted octanol–water partition coefficient (Wildman–Crippen LogP) is 4.50. The Hall–Kier alpha value is -3.13. The second kappa shape index (κ2) is 16.5. The Kier molecular flexibility index (Phi) is 12.6. The number of fused-ring (bicyclic) bond motifs is 3. The zero-order valence-corrected chi connectivity index (χ0v) is 30.5. The number of ether oxygens (including phenoxy) is 4. The fraction of sp³-hybridized carbons (Fsp3) is 0.543. The summed E-state index contributed by atoms with van der Waals surface area (Å²) in [5, 5.41) is 6.72. The van der Waals surface area contributed by atoms with Crippen LogP contribution in [0.5, 0.6) is 0 Å². The van der Waals surface area contributed by atoms with Crippen molar-refractivity contribution in [1.29, 1.82) is 0 Å². The van der Waals surface area contributed by atoms with E-state index in [0.29, 0.717) is 32.7 Å². The van der Waals surface area contributed by atoms with Crippen molar-refractivity contribution in [3.05, 3.63) is 59.7 Å². The van der Waals surface area contributed by atoms with E-state index in [0.717, 1.165) is 22.3 Å². The SMILES string of the molecule is CC(C)C(NC(=O)OCC1c2ccccc2-c2ccccc21)C(=O)NC(COCC1(C)COC1)C(=O)N1CCCC(C(=O)OCC(Cl)(Cl)Cl)N1. The summed E-state index contributed by atoms with van der Waals surface area (Å²) < 4.78 is 20.2. The van der Waals surface area contributed by atoms with Gasteiger partial charge in [-0.15, -0.1) is 0 Å². The van der Waals surface area contributed by atoms with Gasteiger partial charge in [0, 0.05) is 17.9 Å². The molecular weight excluding hydrogens is 711 g/mol. The highest BCUT2D eigenvalue weighted by molar-refractivity contribution is 6.67. The van der Waals surface area contributed by atoms with Gasteiger partial charge in [-0.1, -0.05) is 104 Å². The molecular formula is C35H43Cl3N4O8. The average molecular weight is 754 g/mol. The number of carbonyl (C=O) groups excluding carboxylic acids is 4. The molecule has 0 radical (unpaired) electrons. The number of alkyl carbamates (subject to hydrolysis) is 1. The molecule has 0 spiro atoms. The van der Waals surface area contributed by atoms with Crippen molar-refractivity contribution in [2.75, 3.05) is 46.2 Å². The maximum absolute atomic E-state index is 13.8. The van der Waals surface area contributed by atoms with Crippen molar-refractivity contribution in [2.24, 2.45) is 11.3 Å². The molecule has 272 valence electrons. The summed E-state index contributed by atoms with van der Waals surface area (Å²) in [5.41, 5.74) is 7.00. The number of alkyl halides is 3. The number of esters is 1. The summed E-state index contributed by atoms with van der Waals surface area (Å²) in [6, 6.07) is 13.0. The fourth-order valence-corrected chi connectivity index (χ4v) is 6.42. The summed E-state index contributed by atoms with van der Waals surface area (Å²) in [6.45, 7) is 6.62. The molecule has 2 saturated heterocycles. The van der Waals surface area contributed by atoms with Gasteiger partial charge in [-0.05, 0) is 41.0 Å². The van der Waals surface area contributed by atoms with Gasteiger partial charge in [0.2, 0.25) is 9.70 Å². The van der Waals surface area contributed by atoms with Crippen molar-refractivity contribution in [2.45, 2.75) is 61.4 Å². The first-order chi connectivity index (χ1) is 23.7. The van der Waals surface area contributed by atoms with Crippen LogP contribution >= 0.6 is 34.8 Å². The second-order valence-electron chi connectivity index (χ2n) is 13.6. The van der Waals surface area contributed by atoms with Crippen LogP contribution in [0.1, 0.15) is 50.7 Å². The second-order valence-corrected chi connectivity index (χ2v) is 16.1. The van der Waals surface area contributed by atoms with Crippen LogP contribution in [0.4, 0.5) is 4.79 Å². The van der Waals surface area contributed by atoms with E-state index < -0.39 is 52.4 Å². The van der Waals surface area contributed by atoms with Crippen LogP contribution in [0.2, 0.25) is 0 Å². The van der Waals surface area contributed by atoms with E-state index in [2.05, 4.69) is 16.1 Å². The summed E-state index contributed by atoms with van der Waals surface area (Å²) in [7, 11) is 0. The molecule has 5 rings (SSSR count). The van der Waals surface area contributed by atoms with Crippen LogP contribution in [-0.4, -0.2) is 97.0 Å². The number of nitrogens with one attached hydrogen (secondary N) is 3. The molecule has 2 aromatic carbocycles. The van der Waals surface area contributed by atoms with E-state index in [1.54, 1.807) is 13.8 Å². The first-order valence-corrected chi connectivity index (χ1v) is 17.8. The number of hydrogen-bond donors (Lipinski definition) is 3. The lowest BCUT2D eigenvalue weighted by Gasteiger charge is -2.38. The summed E-state index contributed by atoms with van der Waals surface area (Å²) >= 11 is 17.1. The molecule has 3 N–H and O–H groups in total. The minimum absolute atomic E-state index is 0.0790. The largest absolute Gasteiger partial charge is 0.460 e. The molecule has 1 aliphatic carbocycles. The summed E-state index contributed by atoms with van der Waals surface area (Å²) in [4.78, 5) is 53.4. The number of nitrogens with zero attached hydrogens (tertiary/aromatic N) is 1. The monoisotopic (exact) mass is 752 g/mol. The Bertz CT molecular complexity index is 1500. The van der Waals surface area contributed by atoms with E-state index in [1.165, 1.54) is 5.01 Å². The normalized spacial score (nSPS) is 19.4. The van der Waals surface area contributed by atoms with Crippen LogP contribution < -0.4 is 16.1 Å². The zero-order valence-electron chi connectivity index (χ0n) is 28.2. The Morgan fingerprint density at radius 2 is 1.64 bits per heavy atom. The number of carbonyl (C=O) groups is 4. The standard InChI is InChI=1S/C35H43Cl3N4O8/c1-21(2)29(40-33(46)49-15-26-24-11-6-4-9-22(24)23-10-5-7-12-25(23)26)30(43)39-28(16-47-17-34(3)18-48-19-34)31(44)42-14-8-13-27(41-42)32(45)50-20-35(36,37)38/h4-7,9-12,21,26-29,41H,8,13-20H2,1-3H3,(H,39,43)(H,40,46). The molecule has 2 fully saturated rings.